The molecule has 0 amide bonds. The molecule has 52 valence electrons. The summed E-state index contributed by atoms with van der Waals surface area (Å²) >= 11 is 1.69. The fourth-order valence-corrected chi connectivity index (χ4v) is 1.18. The first kappa shape index (κ1) is 7.35. The minimum Gasteiger partial charge on any atom is -0.250 e. The zero-order valence-corrected chi connectivity index (χ0v) is 6.47. The highest BCUT2D eigenvalue weighted by Crippen LogP contribution is 2.12. The Hall–Kier alpha value is -0.760. The van der Waals surface area contributed by atoms with Crippen LogP contribution in [0.5, 0.6) is 0 Å². The maximum Gasteiger partial charge on any atom is 0.0962 e. The van der Waals surface area contributed by atoms with Gasteiger partial charge in [0.15, 0.2) is 0 Å². The average Bonchev–Trinajstić information content (AvgIpc) is 2.03. The van der Waals surface area contributed by atoms with E-state index in [2.05, 4.69) is 11.6 Å². The quantitative estimate of drug-likeness (QED) is 0.487. The lowest BCUT2D eigenvalue weighted by atomic mass is 10.6. The highest BCUT2D eigenvalue weighted by atomic mass is 32.2. The molecule has 1 rings (SSSR count). The van der Waals surface area contributed by atoms with E-state index in [-0.39, 0.29) is 0 Å². The zero-order valence-electron chi connectivity index (χ0n) is 5.66. The van der Waals surface area contributed by atoms with Crippen LogP contribution in [-0.4, -0.2) is 10.7 Å². The maximum atomic E-state index is 4.13. The topological polar surface area (TPSA) is 12.9 Å². The lowest BCUT2D eigenvalue weighted by Crippen LogP contribution is -1.76. The van der Waals surface area contributed by atoms with Crippen molar-refractivity contribution >= 4 is 11.8 Å². The fourth-order valence-electron chi connectivity index (χ4n) is 0.577. The fraction of sp³-hybridized carbons (Fsp3) is 0.125. The second kappa shape index (κ2) is 4.12. The second-order valence-corrected chi connectivity index (χ2v) is 2.81. The van der Waals surface area contributed by atoms with Gasteiger partial charge in [-0.3, -0.25) is 0 Å². The molecule has 1 aromatic heterocycles. The Labute approximate surface area is 65.2 Å². The van der Waals surface area contributed by atoms with E-state index in [9.17, 15) is 0 Å². The summed E-state index contributed by atoms with van der Waals surface area (Å²) in [5, 5.41) is 1.06. The van der Waals surface area contributed by atoms with Crippen molar-refractivity contribution < 1.29 is 0 Å². The predicted octanol–water partition coefficient (Wildman–Crippen LogP) is 2.36. The van der Waals surface area contributed by atoms with E-state index in [1.165, 1.54) is 0 Å². The van der Waals surface area contributed by atoms with Crippen LogP contribution in [-0.2, 0) is 0 Å². The molecule has 1 heterocycles. The van der Waals surface area contributed by atoms with Crippen molar-refractivity contribution in [1.82, 2.24) is 4.98 Å². The number of nitrogens with zero attached hydrogens (tertiary/aromatic N) is 1. The number of aromatic nitrogens is 1. The third-order valence-corrected chi connectivity index (χ3v) is 1.93. The van der Waals surface area contributed by atoms with Gasteiger partial charge >= 0.3 is 0 Å². The van der Waals surface area contributed by atoms with Gasteiger partial charge in [-0.05, 0) is 12.1 Å². The van der Waals surface area contributed by atoms with Crippen molar-refractivity contribution in [2.45, 2.75) is 5.03 Å². The molecule has 1 aromatic rings. The summed E-state index contributed by atoms with van der Waals surface area (Å²) in [6.45, 7) is 3.63. The monoisotopic (exact) mass is 152 g/mol. The molecule has 0 aromatic carbocycles. The summed E-state index contributed by atoms with van der Waals surface area (Å²) in [6, 6.07) is 5.89. The van der Waals surface area contributed by atoms with E-state index in [0.29, 0.717) is 0 Å². The number of pyridine rings is 1. The van der Waals surface area contributed by atoms with E-state index in [1.54, 1.807) is 18.0 Å². The van der Waals surface area contributed by atoms with Crippen LogP contribution in [0, 0.1) is 0 Å². The number of hydrogen-bond donors (Lipinski definition) is 0. The summed E-state index contributed by atoms with van der Waals surface area (Å²) in [5.41, 5.74) is 0. The molecule has 0 radical (unpaired) electrons. The van der Waals surface area contributed by atoms with Crippen LogP contribution in [0.3, 0.4) is 0 Å². The van der Waals surface area contributed by atoms with E-state index >= 15 is 0 Å². The van der Waals surface area contributed by atoms with Gasteiger partial charge in [0.2, 0.25) is 0 Å². The Kier molecular flexibility index (Phi) is 3.03. The van der Waals surface area contributed by atoms with Crippen molar-refractivity contribution in [3.8, 4) is 0 Å². The minimum atomic E-state index is 0.928. The third-order valence-electron chi connectivity index (χ3n) is 0.987. The summed E-state index contributed by atoms with van der Waals surface area (Å²) in [4.78, 5) is 4.13. The molecule has 0 unspecified atom stereocenters. The number of hydrogen-bond acceptors (Lipinski definition) is 2. The number of rotatable bonds is 3. The van der Waals surface area contributed by atoms with E-state index in [1.807, 2.05) is 24.3 Å². The van der Waals surface area contributed by atoms with Gasteiger partial charge in [0.05, 0.1) is 5.03 Å². The van der Waals surface area contributed by atoms with Crippen LogP contribution < -0.4 is 0 Å². The molecule has 10 heavy (non-hydrogen) atoms. The first-order valence-corrected chi connectivity index (χ1v) is 4.07. The molecule has 1 nitrogen and oxygen atoms in total. The van der Waals surface area contributed by atoms with Crippen molar-refractivity contribution in [1.29, 1.82) is 0 Å². The summed E-state index contributed by atoms with van der Waals surface area (Å²) < 4.78 is 0. The van der Waals surface area contributed by atoms with Crippen molar-refractivity contribution in [2.24, 2.45) is 0 Å². The smallest absolute Gasteiger partial charge is 0.0962 e. The first-order chi connectivity index (χ1) is 4.93. The molecule has 2 heteroatoms. The van der Waals surface area contributed by atoms with Gasteiger partial charge in [0.1, 0.15) is 0 Å². The molecule has 0 spiro atoms. The molecule has 0 atom stereocenters. The standard InChI is InChI=1S/C8H9NS/c1-2-7-10-8-5-3-4-6-9-8/h2-6H,1,7H2/i8+1. The highest BCUT2D eigenvalue weighted by molar-refractivity contribution is 7.99. The Bertz CT molecular complexity index is 196. The second-order valence-electron chi connectivity index (χ2n) is 1.77. The van der Waals surface area contributed by atoms with Crippen molar-refractivity contribution in [2.75, 3.05) is 5.75 Å². The Morgan fingerprint density at radius 3 is 3.10 bits per heavy atom. The molecule has 0 aliphatic rings. The molecular formula is C8H9NS. The molecule has 0 aliphatic heterocycles. The van der Waals surface area contributed by atoms with Crippen molar-refractivity contribution in [3.05, 3.63) is 37.1 Å². The summed E-state index contributed by atoms with van der Waals surface area (Å²) in [5.74, 6) is 0.928. The van der Waals surface area contributed by atoms with Gasteiger partial charge in [-0.15, -0.1) is 18.3 Å². The molecule has 0 saturated heterocycles. The zero-order chi connectivity index (χ0) is 7.23. The SMILES string of the molecule is C=CCS[13c]1ccccn1. The van der Waals surface area contributed by atoms with Crippen LogP contribution in [0.15, 0.2) is 42.1 Å². The van der Waals surface area contributed by atoms with Crippen LogP contribution >= 0.6 is 11.8 Å². The number of thioether (sulfide) groups is 1. The van der Waals surface area contributed by atoms with Gasteiger partial charge in [0, 0.05) is 11.9 Å². The van der Waals surface area contributed by atoms with Crippen LogP contribution in [0.4, 0.5) is 0 Å². The molecule has 0 fully saturated rings. The molecule has 0 saturated carbocycles. The summed E-state index contributed by atoms with van der Waals surface area (Å²) in [7, 11) is 0. The van der Waals surface area contributed by atoms with Gasteiger partial charge in [-0.2, -0.15) is 0 Å². The third kappa shape index (κ3) is 2.23. The predicted molar refractivity (Wildman–Crippen MR) is 45.2 cm³/mol. The van der Waals surface area contributed by atoms with Gasteiger partial charge in [-0.1, -0.05) is 12.1 Å². The lowest BCUT2D eigenvalue weighted by Gasteiger charge is -1.93. The highest BCUT2D eigenvalue weighted by Gasteiger charge is 1.87. The Morgan fingerprint density at radius 2 is 2.50 bits per heavy atom. The molecule has 0 N–H and O–H groups in total. The minimum absolute atomic E-state index is 0.928. The first-order valence-electron chi connectivity index (χ1n) is 3.08. The van der Waals surface area contributed by atoms with Gasteiger partial charge in [-0.25, -0.2) is 4.98 Å². The molecule has 0 aliphatic carbocycles. The maximum absolute atomic E-state index is 4.13. The average molecular weight is 152 g/mol. The van der Waals surface area contributed by atoms with Crippen LogP contribution in [0.25, 0.3) is 0 Å². The van der Waals surface area contributed by atoms with E-state index in [0.717, 1.165) is 10.8 Å². The normalized spacial score (nSPS) is 9.20. The van der Waals surface area contributed by atoms with Crippen LogP contribution in [0.1, 0.15) is 0 Å². The van der Waals surface area contributed by atoms with Gasteiger partial charge < -0.3 is 0 Å². The lowest BCUT2D eigenvalue weighted by molar-refractivity contribution is 1.14. The van der Waals surface area contributed by atoms with Crippen molar-refractivity contribution in [3.63, 3.8) is 0 Å². The van der Waals surface area contributed by atoms with Crippen LogP contribution in [0.2, 0.25) is 0 Å². The van der Waals surface area contributed by atoms with E-state index < -0.39 is 0 Å². The summed E-state index contributed by atoms with van der Waals surface area (Å²) in [6.07, 6.45) is 3.67. The van der Waals surface area contributed by atoms with Gasteiger partial charge in [0.25, 0.3) is 0 Å². The molecule has 0 bridgehead atoms. The Balaban J connectivity index is 2.50. The molecular weight excluding hydrogens is 143 g/mol. The Morgan fingerprint density at radius 1 is 1.60 bits per heavy atom. The largest absolute Gasteiger partial charge is 0.250 e. The van der Waals surface area contributed by atoms with E-state index in [4.69, 9.17) is 0 Å².